The van der Waals surface area contributed by atoms with Crippen LogP contribution in [-0.4, -0.2) is 11.0 Å². The molecule has 5 heteroatoms. The van der Waals surface area contributed by atoms with E-state index in [0.717, 1.165) is 26.7 Å². The molecule has 1 heterocycles. The van der Waals surface area contributed by atoms with E-state index >= 15 is 0 Å². The fraction of sp³-hybridized carbons (Fsp3) is 0.0526. The van der Waals surface area contributed by atoms with Gasteiger partial charge in [-0.15, -0.1) is 0 Å². The Bertz CT molecular complexity index is 1050. The number of hydrogen-bond acceptors (Lipinski definition) is 3. The average Bonchev–Trinajstić information content (AvgIpc) is 2.96. The van der Waals surface area contributed by atoms with Crippen molar-refractivity contribution in [3.63, 3.8) is 0 Å². The standard InChI is InChI=1S/C19H15N3OS/c1-12-9-10-16-17(11-12)24-19(21-16)22-18(23)20-15-8-4-6-13-5-2-3-7-14(13)15/h2-11H,1H3,(H2,20,21,22,23). The lowest BCUT2D eigenvalue weighted by molar-refractivity contribution is 0.262. The molecule has 2 N–H and O–H groups in total. The topological polar surface area (TPSA) is 54.0 Å². The number of anilines is 2. The van der Waals surface area contributed by atoms with Crippen LogP contribution in [0.15, 0.2) is 60.7 Å². The van der Waals surface area contributed by atoms with Gasteiger partial charge in [0.15, 0.2) is 5.13 Å². The Morgan fingerprint density at radius 2 is 1.83 bits per heavy atom. The second-order valence-electron chi connectivity index (χ2n) is 5.60. The van der Waals surface area contributed by atoms with Crippen molar-refractivity contribution in [2.75, 3.05) is 10.6 Å². The number of thiazole rings is 1. The van der Waals surface area contributed by atoms with Crippen molar-refractivity contribution >= 4 is 49.2 Å². The molecule has 118 valence electrons. The van der Waals surface area contributed by atoms with Crippen molar-refractivity contribution in [3.05, 3.63) is 66.2 Å². The molecule has 4 nitrogen and oxygen atoms in total. The molecule has 0 unspecified atom stereocenters. The van der Waals surface area contributed by atoms with Crippen LogP contribution in [0.3, 0.4) is 0 Å². The van der Waals surface area contributed by atoms with Crippen LogP contribution in [0.1, 0.15) is 5.56 Å². The normalized spacial score (nSPS) is 10.9. The minimum atomic E-state index is -0.290. The monoisotopic (exact) mass is 333 g/mol. The van der Waals surface area contributed by atoms with Gasteiger partial charge in [0.2, 0.25) is 0 Å². The van der Waals surface area contributed by atoms with Gasteiger partial charge in [-0.2, -0.15) is 0 Å². The summed E-state index contributed by atoms with van der Waals surface area (Å²) in [6, 6.07) is 19.6. The number of aromatic nitrogens is 1. The lowest BCUT2D eigenvalue weighted by atomic mass is 10.1. The Kier molecular flexibility index (Phi) is 3.63. The zero-order valence-corrected chi connectivity index (χ0v) is 13.9. The summed E-state index contributed by atoms with van der Waals surface area (Å²) >= 11 is 1.47. The van der Waals surface area contributed by atoms with Crippen molar-refractivity contribution < 1.29 is 4.79 Å². The number of carbonyl (C=O) groups excluding carboxylic acids is 1. The van der Waals surface area contributed by atoms with Gasteiger partial charge >= 0.3 is 6.03 Å². The van der Waals surface area contributed by atoms with Crippen molar-refractivity contribution in [3.8, 4) is 0 Å². The first kappa shape index (κ1) is 14.7. The van der Waals surface area contributed by atoms with Crippen molar-refractivity contribution in [2.24, 2.45) is 0 Å². The van der Waals surface area contributed by atoms with Gasteiger partial charge in [-0.25, -0.2) is 9.78 Å². The zero-order valence-electron chi connectivity index (χ0n) is 13.0. The third-order valence-electron chi connectivity index (χ3n) is 3.80. The first-order valence-electron chi connectivity index (χ1n) is 7.62. The first-order chi connectivity index (χ1) is 11.7. The van der Waals surface area contributed by atoms with Crippen LogP contribution in [-0.2, 0) is 0 Å². The fourth-order valence-electron chi connectivity index (χ4n) is 2.67. The zero-order chi connectivity index (χ0) is 16.5. The van der Waals surface area contributed by atoms with E-state index in [1.165, 1.54) is 16.9 Å². The van der Waals surface area contributed by atoms with Crippen LogP contribution in [0.25, 0.3) is 21.0 Å². The minimum Gasteiger partial charge on any atom is -0.307 e. The first-order valence-corrected chi connectivity index (χ1v) is 8.44. The van der Waals surface area contributed by atoms with E-state index in [0.29, 0.717) is 5.13 Å². The van der Waals surface area contributed by atoms with Gasteiger partial charge in [0.05, 0.1) is 15.9 Å². The third kappa shape index (κ3) is 2.81. The number of aryl methyl sites for hydroxylation is 1. The van der Waals surface area contributed by atoms with Gasteiger partial charge in [-0.05, 0) is 36.1 Å². The molecule has 0 saturated carbocycles. The number of urea groups is 1. The minimum absolute atomic E-state index is 0.290. The molecule has 0 aliphatic heterocycles. The van der Waals surface area contributed by atoms with Crippen molar-refractivity contribution in [1.82, 2.24) is 4.98 Å². The number of nitrogens with zero attached hydrogens (tertiary/aromatic N) is 1. The largest absolute Gasteiger partial charge is 0.325 e. The molecule has 1 aromatic heterocycles. The summed E-state index contributed by atoms with van der Waals surface area (Å²) in [7, 11) is 0. The van der Waals surface area contributed by atoms with E-state index in [1.807, 2.05) is 61.5 Å². The molecule has 0 aliphatic rings. The van der Waals surface area contributed by atoms with Gasteiger partial charge in [0, 0.05) is 5.39 Å². The SMILES string of the molecule is Cc1ccc2nc(NC(=O)Nc3cccc4ccccc34)sc2c1. The highest BCUT2D eigenvalue weighted by Crippen LogP contribution is 2.27. The quantitative estimate of drug-likeness (QED) is 0.516. The maximum Gasteiger partial charge on any atom is 0.325 e. The molecule has 4 aromatic rings. The van der Waals surface area contributed by atoms with Crippen molar-refractivity contribution in [1.29, 1.82) is 0 Å². The number of benzene rings is 3. The Morgan fingerprint density at radius 1 is 1.00 bits per heavy atom. The smallest absolute Gasteiger partial charge is 0.307 e. The van der Waals surface area contributed by atoms with Crippen LogP contribution in [0.4, 0.5) is 15.6 Å². The maximum atomic E-state index is 12.3. The molecular weight excluding hydrogens is 318 g/mol. The van der Waals surface area contributed by atoms with Crippen LogP contribution in [0.2, 0.25) is 0 Å². The lowest BCUT2D eigenvalue weighted by Crippen LogP contribution is -2.19. The fourth-order valence-corrected chi connectivity index (χ4v) is 3.63. The maximum absolute atomic E-state index is 12.3. The molecule has 0 radical (unpaired) electrons. The van der Waals surface area contributed by atoms with Gasteiger partial charge in [0.1, 0.15) is 0 Å². The highest BCUT2D eigenvalue weighted by molar-refractivity contribution is 7.22. The highest BCUT2D eigenvalue weighted by atomic mass is 32.1. The number of rotatable bonds is 2. The molecule has 0 bridgehead atoms. The number of carbonyl (C=O) groups is 1. The van der Waals surface area contributed by atoms with Gasteiger partial charge in [-0.3, -0.25) is 5.32 Å². The number of hydrogen-bond donors (Lipinski definition) is 2. The van der Waals surface area contributed by atoms with Crippen LogP contribution >= 0.6 is 11.3 Å². The van der Waals surface area contributed by atoms with Crippen molar-refractivity contribution in [2.45, 2.75) is 6.92 Å². The molecular formula is C19H15N3OS. The molecule has 0 atom stereocenters. The predicted octanol–water partition coefficient (Wildman–Crippen LogP) is 5.40. The van der Waals surface area contributed by atoms with E-state index in [2.05, 4.69) is 21.7 Å². The molecule has 2 amide bonds. The Hall–Kier alpha value is -2.92. The number of fused-ring (bicyclic) bond motifs is 2. The molecule has 0 spiro atoms. The van der Waals surface area contributed by atoms with Gasteiger partial charge < -0.3 is 5.32 Å². The second-order valence-corrected chi connectivity index (χ2v) is 6.63. The molecule has 4 rings (SSSR count). The Labute approximate surface area is 143 Å². The third-order valence-corrected chi connectivity index (χ3v) is 4.74. The summed E-state index contributed by atoms with van der Waals surface area (Å²) in [5.41, 5.74) is 2.85. The summed E-state index contributed by atoms with van der Waals surface area (Å²) in [6.07, 6.45) is 0. The summed E-state index contributed by atoms with van der Waals surface area (Å²) in [6.45, 7) is 2.04. The molecule has 0 saturated heterocycles. The van der Waals surface area contributed by atoms with Crippen LogP contribution in [0.5, 0.6) is 0 Å². The number of nitrogens with one attached hydrogen (secondary N) is 2. The summed E-state index contributed by atoms with van der Waals surface area (Å²) in [5, 5.41) is 8.42. The van der Waals surface area contributed by atoms with E-state index in [9.17, 15) is 4.79 Å². The Morgan fingerprint density at radius 3 is 2.75 bits per heavy atom. The van der Waals surface area contributed by atoms with Crippen LogP contribution in [0, 0.1) is 6.92 Å². The predicted molar refractivity (Wildman–Crippen MR) is 101 cm³/mol. The second kappa shape index (κ2) is 5.94. The number of amides is 2. The van der Waals surface area contributed by atoms with E-state index in [4.69, 9.17) is 0 Å². The molecule has 0 aliphatic carbocycles. The summed E-state index contributed by atoms with van der Waals surface area (Å²) in [4.78, 5) is 16.8. The Balaban J connectivity index is 1.57. The molecule has 3 aromatic carbocycles. The van der Waals surface area contributed by atoms with Gasteiger partial charge in [-0.1, -0.05) is 53.8 Å². The molecule has 24 heavy (non-hydrogen) atoms. The molecule has 0 fully saturated rings. The van der Waals surface area contributed by atoms with Crippen LogP contribution < -0.4 is 10.6 Å². The van der Waals surface area contributed by atoms with E-state index in [-0.39, 0.29) is 6.03 Å². The van der Waals surface area contributed by atoms with E-state index in [1.54, 1.807) is 0 Å². The van der Waals surface area contributed by atoms with Gasteiger partial charge in [0.25, 0.3) is 0 Å². The summed E-state index contributed by atoms with van der Waals surface area (Å²) in [5.74, 6) is 0. The highest BCUT2D eigenvalue weighted by Gasteiger charge is 2.09. The average molecular weight is 333 g/mol. The lowest BCUT2D eigenvalue weighted by Gasteiger charge is -2.08. The van der Waals surface area contributed by atoms with E-state index < -0.39 is 0 Å². The summed E-state index contributed by atoms with van der Waals surface area (Å²) < 4.78 is 1.07.